The van der Waals surface area contributed by atoms with Crippen LogP contribution in [0.1, 0.15) is 46.3 Å². The van der Waals surface area contributed by atoms with Gasteiger partial charge >= 0.3 is 0 Å². The summed E-state index contributed by atoms with van der Waals surface area (Å²) in [6.07, 6.45) is 3.12. The molecule has 2 aromatic rings. The number of nitrogens with zero attached hydrogens (tertiary/aromatic N) is 1. The molecule has 6 heteroatoms. The number of thioether (sulfide) groups is 2. The largest absolute Gasteiger partial charge is 0.475 e. The summed E-state index contributed by atoms with van der Waals surface area (Å²) in [5.74, 6) is 2.97. The molecule has 0 radical (unpaired) electrons. The molecule has 3 rings (SSSR count). The first-order valence-corrected chi connectivity index (χ1v) is 10.9. The Morgan fingerprint density at radius 3 is 2.54 bits per heavy atom. The zero-order chi connectivity index (χ0) is 18.4. The number of ether oxygens (including phenoxy) is 1. The molecule has 1 fully saturated rings. The van der Waals surface area contributed by atoms with Gasteiger partial charge in [-0.2, -0.15) is 0 Å². The minimum Gasteiger partial charge on any atom is -0.475 e. The van der Waals surface area contributed by atoms with E-state index in [-0.39, 0.29) is 12.0 Å². The summed E-state index contributed by atoms with van der Waals surface area (Å²) in [4.78, 5) is 16.6. The lowest BCUT2D eigenvalue weighted by atomic mass is 10.1. The van der Waals surface area contributed by atoms with Gasteiger partial charge in [0.25, 0.3) is 5.91 Å². The molecule has 0 aliphatic carbocycles. The van der Waals surface area contributed by atoms with Crippen molar-refractivity contribution in [3.8, 4) is 5.88 Å². The minimum atomic E-state index is -0.0667. The van der Waals surface area contributed by atoms with E-state index in [0.29, 0.717) is 22.6 Å². The Kier molecular flexibility index (Phi) is 6.86. The molecule has 1 N–H and O–H groups in total. The van der Waals surface area contributed by atoms with Gasteiger partial charge in [-0.1, -0.05) is 18.2 Å². The third-order valence-corrected chi connectivity index (χ3v) is 6.89. The van der Waals surface area contributed by atoms with E-state index in [2.05, 4.69) is 22.4 Å². The van der Waals surface area contributed by atoms with Crippen molar-refractivity contribution < 1.29 is 9.53 Å². The zero-order valence-electron chi connectivity index (χ0n) is 15.1. The van der Waals surface area contributed by atoms with Crippen molar-refractivity contribution in [1.82, 2.24) is 10.3 Å². The summed E-state index contributed by atoms with van der Waals surface area (Å²) in [7, 11) is 0. The van der Waals surface area contributed by atoms with Crippen LogP contribution in [0.15, 0.2) is 42.6 Å². The van der Waals surface area contributed by atoms with Gasteiger partial charge in [0, 0.05) is 24.4 Å². The third kappa shape index (κ3) is 5.42. The van der Waals surface area contributed by atoms with E-state index in [1.165, 1.54) is 23.5 Å². The highest BCUT2D eigenvalue weighted by molar-refractivity contribution is 8.16. The van der Waals surface area contributed by atoms with Crippen LogP contribution in [0.3, 0.4) is 0 Å². The van der Waals surface area contributed by atoms with E-state index < -0.39 is 0 Å². The van der Waals surface area contributed by atoms with Crippen LogP contribution in [0, 0.1) is 0 Å². The number of nitrogens with one attached hydrogen (secondary N) is 1. The quantitative estimate of drug-likeness (QED) is 0.779. The van der Waals surface area contributed by atoms with Gasteiger partial charge in [-0.15, -0.1) is 23.5 Å². The number of rotatable bonds is 6. The van der Waals surface area contributed by atoms with E-state index in [4.69, 9.17) is 4.74 Å². The molecule has 1 aromatic carbocycles. The first kappa shape index (κ1) is 19.1. The summed E-state index contributed by atoms with van der Waals surface area (Å²) >= 11 is 3.98. The molecular formula is C20H24N2O2S2. The standard InChI is InChI=1S/C20H24N2O2S2/c1-14(2)24-18-9-4-15(12-21-18)13-22-19(23)16-5-7-17(8-6-16)20-25-10-3-11-26-20/h4-9,12,14,20H,3,10-11,13H2,1-2H3,(H,22,23). The number of carbonyl (C=O) groups excluding carboxylic acids is 1. The summed E-state index contributed by atoms with van der Waals surface area (Å²) in [5, 5.41) is 2.94. The summed E-state index contributed by atoms with van der Waals surface area (Å²) in [5.41, 5.74) is 2.93. The second-order valence-electron chi connectivity index (χ2n) is 6.40. The number of hydrogen-bond donors (Lipinski definition) is 1. The normalized spacial score (nSPS) is 15.0. The fourth-order valence-electron chi connectivity index (χ4n) is 2.58. The predicted octanol–water partition coefficient (Wildman–Crippen LogP) is 4.67. The molecule has 0 atom stereocenters. The Morgan fingerprint density at radius 2 is 1.92 bits per heavy atom. The minimum absolute atomic E-state index is 0.0667. The average Bonchev–Trinajstić information content (AvgIpc) is 2.67. The smallest absolute Gasteiger partial charge is 0.251 e. The van der Waals surface area contributed by atoms with Crippen molar-refractivity contribution in [2.75, 3.05) is 11.5 Å². The number of pyridine rings is 1. The topological polar surface area (TPSA) is 51.2 Å². The van der Waals surface area contributed by atoms with E-state index >= 15 is 0 Å². The predicted molar refractivity (Wildman–Crippen MR) is 110 cm³/mol. The fraction of sp³-hybridized carbons (Fsp3) is 0.400. The molecule has 1 saturated heterocycles. The van der Waals surface area contributed by atoms with Crippen LogP contribution in [0.4, 0.5) is 0 Å². The SMILES string of the molecule is CC(C)Oc1ccc(CNC(=O)c2ccc(C3SCCCS3)cc2)cn1. The van der Waals surface area contributed by atoms with Crippen molar-refractivity contribution in [2.45, 2.75) is 37.5 Å². The molecular weight excluding hydrogens is 364 g/mol. The van der Waals surface area contributed by atoms with Crippen molar-refractivity contribution in [3.05, 3.63) is 59.3 Å². The lowest BCUT2D eigenvalue weighted by Gasteiger charge is -2.21. The van der Waals surface area contributed by atoms with E-state index in [1.807, 2.05) is 61.6 Å². The monoisotopic (exact) mass is 388 g/mol. The van der Waals surface area contributed by atoms with Crippen LogP contribution < -0.4 is 10.1 Å². The van der Waals surface area contributed by atoms with Crippen LogP contribution in [0.2, 0.25) is 0 Å². The van der Waals surface area contributed by atoms with E-state index in [0.717, 1.165) is 5.56 Å². The lowest BCUT2D eigenvalue weighted by molar-refractivity contribution is 0.0951. The van der Waals surface area contributed by atoms with Gasteiger partial charge in [0.15, 0.2) is 0 Å². The highest BCUT2D eigenvalue weighted by Crippen LogP contribution is 2.43. The zero-order valence-corrected chi connectivity index (χ0v) is 16.7. The molecule has 26 heavy (non-hydrogen) atoms. The molecule has 0 bridgehead atoms. The number of benzene rings is 1. The Morgan fingerprint density at radius 1 is 1.19 bits per heavy atom. The summed E-state index contributed by atoms with van der Waals surface area (Å²) < 4.78 is 6.02. The maximum Gasteiger partial charge on any atom is 0.251 e. The van der Waals surface area contributed by atoms with Gasteiger partial charge in [-0.25, -0.2) is 4.98 Å². The highest BCUT2D eigenvalue weighted by atomic mass is 32.2. The van der Waals surface area contributed by atoms with Crippen LogP contribution in [0.5, 0.6) is 5.88 Å². The number of carbonyl (C=O) groups is 1. The van der Waals surface area contributed by atoms with Gasteiger partial charge in [-0.05, 0) is 55.0 Å². The molecule has 1 amide bonds. The lowest BCUT2D eigenvalue weighted by Crippen LogP contribution is -2.22. The van der Waals surface area contributed by atoms with E-state index in [1.54, 1.807) is 6.20 Å². The Balaban J connectivity index is 1.53. The van der Waals surface area contributed by atoms with Crippen LogP contribution in [-0.4, -0.2) is 28.5 Å². The van der Waals surface area contributed by atoms with Crippen LogP contribution in [0.25, 0.3) is 0 Å². The maximum absolute atomic E-state index is 12.4. The second-order valence-corrected chi connectivity index (χ2v) is 9.13. The molecule has 1 aromatic heterocycles. The van der Waals surface area contributed by atoms with Gasteiger partial charge in [0.2, 0.25) is 5.88 Å². The van der Waals surface area contributed by atoms with Gasteiger partial charge in [0.1, 0.15) is 0 Å². The number of amides is 1. The van der Waals surface area contributed by atoms with Gasteiger partial charge in [-0.3, -0.25) is 4.79 Å². The third-order valence-electron chi connectivity index (χ3n) is 3.88. The van der Waals surface area contributed by atoms with Crippen molar-refractivity contribution in [1.29, 1.82) is 0 Å². The Bertz CT molecular complexity index is 712. The Labute approximate surface area is 163 Å². The number of hydrogen-bond acceptors (Lipinski definition) is 5. The summed E-state index contributed by atoms with van der Waals surface area (Å²) in [6, 6.07) is 11.7. The summed E-state index contributed by atoms with van der Waals surface area (Å²) in [6.45, 7) is 4.38. The van der Waals surface area contributed by atoms with Gasteiger partial charge in [0.05, 0.1) is 10.7 Å². The molecule has 0 spiro atoms. The molecule has 4 nitrogen and oxygen atoms in total. The Hall–Kier alpha value is -1.66. The number of aromatic nitrogens is 1. The van der Waals surface area contributed by atoms with Crippen molar-refractivity contribution in [3.63, 3.8) is 0 Å². The second kappa shape index (κ2) is 9.33. The molecule has 1 aliphatic rings. The van der Waals surface area contributed by atoms with Crippen LogP contribution in [-0.2, 0) is 6.54 Å². The maximum atomic E-state index is 12.4. The molecule has 0 unspecified atom stereocenters. The first-order valence-electron chi connectivity index (χ1n) is 8.85. The molecule has 0 saturated carbocycles. The highest BCUT2D eigenvalue weighted by Gasteiger charge is 2.17. The molecule has 1 aliphatic heterocycles. The van der Waals surface area contributed by atoms with E-state index in [9.17, 15) is 4.79 Å². The van der Waals surface area contributed by atoms with Crippen LogP contribution >= 0.6 is 23.5 Å². The fourth-order valence-corrected chi connectivity index (χ4v) is 5.48. The molecule has 2 heterocycles. The average molecular weight is 389 g/mol. The van der Waals surface area contributed by atoms with Crippen molar-refractivity contribution in [2.24, 2.45) is 0 Å². The van der Waals surface area contributed by atoms with Gasteiger partial charge < -0.3 is 10.1 Å². The van der Waals surface area contributed by atoms with Crippen molar-refractivity contribution >= 4 is 29.4 Å². The first-order chi connectivity index (χ1) is 12.6. The molecule has 138 valence electrons.